The van der Waals surface area contributed by atoms with Gasteiger partial charge in [0.15, 0.2) is 0 Å². The Balaban J connectivity index is 2.05. The molecule has 0 unspecified atom stereocenters. The molecule has 0 saturated carbocycles. The van der Waals surface area contributed by atoms with Crippen LogP contribution in [0.25, 0.3) is 10.9 Å². The van der Waals surface area contributed by atoms with Crippen molar-refractivity contribution in [3.63, 3.8) is 0 Å². The summed E-state index contributed by atoms with van der Waals surface area (Å²) in [5.74, 6) is 1.82. The molecule has 0 aliphatic carbocycles. The van der Waals surface area contributed by atoms with Gasteiger partial charge >= 0.3 is 0 Å². The number of fused-ring (bicyclic) bond motifs is 1. The molecule has 0 radical (unpaired) electrons. The SMILES string of the molecule is CSc1ccccc1Oc1cc(CCl)c2ccccc2n1. The Bertz CT molecular complexity index is 776. The largest absolute Gasteiger partial charge is 0.438 e. The Hall–Kier alpha value is -1.71. The number of hydrogen-bond acceptors (Lipinski definition) is 3. The van der Waals surface area contributed by atoms with E-state index >= 15 is 0 Å². The minimum Gasteiger partial charge on any atom is -0.438 e. The van der Waals surface area contributed by atoms with E-state index in [1.54, 1.807) is 11.8 Å². The molecule has 3 aromatic rings. The van der Waals surface area contributed by atoms with Crippen LogP contribution in [0.1, 0.15) is 5.56 Å². The molecule has 0 fully saturated rings. The van der Waals surface area contributed by atoms with Crippen molar-refractivity contribution >= 4 is 34.3 Å². The van der Waals surface area contributed by atoms with Crippen LogP contribution in [0.2, 0.25) is 0 Å². The van der Waals surface area contributed by atoms with E-state index in [1.807, 2.05) is 60.9 Å². The number of para-hydroxylation sites is 2. The van der Waals surface area contributed by atoms with Gasteiger partial charge in [-0.3, -0.25) is 0 Å². The molecule has 21 heavy (non-hydrogen) atoms. The Labute approximate surface area is 133 Å². The van der Waals surface area contributed by atoms with Gasteiger partial charge in [0.25, 0.3) is 0 Å². The highest BCUT2D eigenvalue weighted by molar-refractivity contribution is 7.98. The first-order valence-corrected chi connectivity index (χ1v) is 8.33. The molecule has 3 rings (SSSR count). The van der Waals surface area contributed by atoms with Crippen LogP contribution >= 0.6 is 23.4 Å². The Kier molecular flexibility index (Phi) is 4.32. The number of nitrogens with zero attached hydrogens (tertiary/aromatic N) is 1. The minimum atomic E-state index is 0.434. The van der Waals surface area contributed by atoms with Gasteiger partial charge in [-0.2, -0.15) is 0 Å². The molecular weight excluding hydrogens is 302 g/mol. The maximum absolute atomic E-state index is 6.05. The maximum Gasteiger partial charge on any atom is 0.220 e. The van der Waals surface area contributed by atoms with Gasteiger partial charge in [-0.25, -0.2) is 4.98 Å². The highest BCUT2D eigenvalue weighted by Gasteiger charge is 2.08. The second-order valence-corrected chi connectivity index (χ2v) is 5.64. The second kappa shape index (κ2) is 6.37. The zero-order chi connectivity index (χ0) is 14.7. The molecule has 1 aromatic heterocycles. The summed E-state index contributed by atoms with van der Waals surface area (Å²) in [6.45, 7) is 0. The quantitative estimate of drug-likeness (QED) is 0.469. The fourth-order valence-corrected chi connectivity index (χ4v) is 2.95. The monoisotopic (exact) mass is 315 g/mol. The van der Waals surface area contributed by atoms with E-state index in [-0.39, 0.29) is 0 Å². The fourth-order valence-electron chi connectivity index (χ4n) is 2.20. The van der Waals surface area contributed by atoms with Crippen molar-refractivity contribution < 1.29 is 4.74 Å². The first-order chi connectivity index (χ1) is 10.3. The number of ether oxygens (including phenoxy) is 1. The lowest BCUT2D eigenvalue weighted by Gasteiger charge is -2.11. The summed E-state index contributed by atoms with van der Waals surface area (Å²) in [5, 5.41) is 1.07. The molecule has 1 heterocycles. The lowest BCUT2D eigenvalue weighted by Crippen LogP contribution is -1.93. The van der Waals surface area contributed by atoms with Crippen molar-refractivity contribution in [2.75, 3.05) is 6.26 Å². The smallest absolute Gasteiger partial charge is 0.220 e. The van der Waals surface area contributed by atoms with E-state index in [2.05, 4.69) is 4.98 Å². The summed E-state index contributed by atoms with van der Waals surface area (Å²) in [5.41, 5.74) is 1.92. The number of halogens is 1. The molecule has 4 heteroatoms. The Morgan fingerprint density at radius 3 is 2.67 bits per heavy atom. The number of alkyl halides is 1. The summed E-state index contributed by atoms with van der Waals surface area (Å²) in [7, 11) is 0. The summed E-state index contributed by atoms with van der Waals surface area (Å²) in [6.07, 6.45) is 2.03. The average molecular weight is 316 g/mol. The van der Waals surface area contributed by atoms with Crippen LogP contribution in [0.5, 0.6) is 11.6 Å². The van der Waals surface area contributed by atoms with Crippen molar-refractivity contribution in [3.8, 4) is 11.6 Å². The molecule has 106 valence electrons. The lowest BCUT2D eigenvalue weighted by atomic mass is 10.1. The highest BCUT2D eigenvalue weighted by atomic mass is 35.5. The minimum absolute atomic E-state index is 0.434. The van der Waals surface area contributed by atoms with Crippen molar-refractivity contribution in [2.24, 2.45) is 0 Å². The van der Waals surface area contributed by atoms with Crippen LogP contribution in [0.4, 0.5) is 0 Å². The number of aromatic nitrogens is 1. The zero-order valence-corrected chi connectivity index (χ0v) is 13.1. The predicted octanol–water partition coefficient (Wildman–Crippen LogP) is 5.49. The van der Waals surface area contributed by atoms with Crippen molar-refractivity contribution in [1.82, 2.24) is 4.98 Å². The third-order valence-corrected chi connectivity index (χ3v) is 4.27. The Morgan fingerprint density at radius 1 is 1.10 bits per heavy atom. The van der Waals surface area contributed by atoms with Gasteiger partial charge in [0.1, 0.15) is 5.75 Å². The number of pyridine rings is 1. The van der Waals surface area contributed by atoms with Gasteiger partial charge in [0, 0.05) is 22.2 Å². The van der Waals surface area contributed by atoms with Crippen LogP contribution in [-0.2, 0) is 5.88 Å². The summed E-state index contributed by atoms with van der Waals surface area (Å²) >= 11 is 7.70. The molecule has 0 N–H and O–H groups in total. The Morgan fingerprint density at radius 2 is 1.86 bits per heavy atom. The second-order valence-electron chi connectivity index (χ2n) is 4.52. The van der Waals surface area contributed by atoms with Crippen LogP contribution in [-0.4, -0.2) is 11.2 Å². The molecule has 0 saturated heterocycles. The van der Waals surface area contributed by atoms with E-state index in [0.29, 0.717) is 11.8 Å². The standard InChI is InChI=1S/C17H14ClNOS/c1-21-16-9-5-4-8-15(16)20-17-10-12(11-18)13-6-2-3-7-14(13)19-17/h2-10H,11H2,1H3. The van der Waals surface area contributed by atoms with E-state index in [9.17, 15) is 0 Å². The first kappa shape index (κ1) is 14.2. The van der Waals surface area contributed by atoms with Gasteiger partial charge in [0.2, 0.25) is 5.88 Å². The number of thioether (sulfide) groups is 1. The predicted molar refractivity (Wildman–Crippen MR) is 89.6 cm³/mol. The molecule has 0 aliphatic heterocycles. The van der Waals surface area contributed by atoms with Crippen molar-refractivity contribution in [1.29, 1.82) is 0 Å². The fraction of sp³-hybridized carbons (Fsp3) is 0.118. The maximum atomic E-state index is 6.05. The van der Waals surface area contributed by atoms with Crippen molar-refractivity contribution in [2.45, 2.75) is 10.8 Å². The first-order valence-electron chi connectivity index (χ1n) is 6.57. The lowest BCUT2D eigenvalue weighted by molar-refractivity contribution is 0.454. The third kappa shape index (κ3) is 2.99. The van der Waals surface area contributed by atoms with E-state index in [0.717, 1.165) is 27.1 Å². The average Bonchev–Trinajstić information content (AvgIpc) is 2.54. The zero-order valence-electron chi connectivity index (χ0n) is 11.5. The van der Waals surface area contributed by atoms with E-state index in [1.165, 1.54) is 0 Å². The molecule has 2 nitrogen and oxygen atoms in total. The molecule has 0 aliphatic rings. The number of rotatable bonds is 4. The van der Waals surface area contributed by atoms with E-state index < -0.39 is 0 Å². The molecular formula is C17H14ClNOS. The van der Waals surface area contributed by atoms with Crippen LogP contribution in [0.15, 0.2) is 59.5 Å². The normalized spacial score (nSPS) is 10.8. The third-order valence-electron chi connectivity index (χ3n) is 3.21. The summed E-state index contributed by atoms with van der Waals surface area (Å²) < 4.78 is 5.96. The summed E-state index contributed by atoms with van der Waals surface area (Å²) in [6, 6.07) is 17.8. The summed E-state index contributed by atoms with van der Waals surface area (Å²) in [4.78, 5) is 5.65. The molecule has 0 spiro atoms. The van der Waals surface area contributed by atoms with E-state index in [4.69, 9.17) is 16.3 Å². The molecule has 0 bridgehead atoms. The van der Waals surface area contributed by atoms with Gasteiger partial charge in [-0.15, -0.1) is 23.4 Å². The highest BCUT2D eigenvalue weighted by Crippen LogP contribution is 2.32. The molecule has 0 amide bonds. The number of hydrogen-bond donors (Lipinski definition) is 0. The van der Waals surface area contributed by atoms with Gasteiger partial charge in [-0.1, -0.05) is 30.3 Å². The van der Waals surface area contributed by atoms with Gasteiger partial charge in [-0.05, 0) is 30.0 Å². The van der Waals surface area contributed by atoms with Gasteiger partial charge < -0.3 is 4.74 Å². The topological polar surface area (TPSA) is 22.1 Å². The molecule has 2 aromatic carbocycles. The van der Waals surface area contributed by atoms with Crippen LogP contribution in [0, 0.1) is 0 Å². The molecule has 0 atom stereocenters. The van der Waals surface area contributed by atoms with Gasteiger partial charge in [0.05, 0.1) is 5.52 Å². The number of benzene rings is 2. The van der Waals surface area contributed by atoms with Crippen molar-refractivity contribution in [3.05, 3.63) is 60.2 Å². The van der Waals surface area contributed by atoms with Crippen LogP contribution in [0.3, 0.4) is 0 Å². The van der Waals surface area contributed by atoms with Crippen LogP contribution < -0.4 is 4.74 Å².